The van der Waals surface area contributed by atoms with Gasteiger partial charge in [-0.15, -0.1) is 13.2 Å². The number of alkyl halides is 6. The molecule has 0 spiro atoms. The molecule has 3 aromatic rings. The highest BCUT2D eigenvalue weighted by atomic mass is 19.4. The van der Waals surface area contributed by atoms with Crippen molar-refractivity contribution in [2.75, 3.05) is 13.7 Å². The first-order chi connectivity index (χ1) is 16.7. The summed E-state index contributed by atoms with van der Waals surface area (Å²) >= 11 is 0. The summed E-state index contributed by atoms with van der Waals surface area (Å²) < 4.78 is 90.0. The van der Waals surface area contributed by atoms with Crippen LogP contribution >= 0.6 is 0 Å². The molecule has 14 heteroatoms. The molecule has 36 heavy (non-hydrogen) atoms. The Balaban J connectivity index is 1.70. The molecule has 1 atom stereocenters. The second-order valence-electron chi connectivity index (χ2n) is 8.21. The van der Waals surface area contributed by atoms with Gasteiger partial charge < -0.3 is 14.4 Å². The summed E-state index contributed by atoms with van der Waals surface area (Å²) in [5.74, 6) is -1.35. The summed E-state index contributed by atoms with van der Waals surface area (Å²) in [5.41, 5.74) is 0.302. The number of hydrogen-bond donors (Lipinski definition) is 0. The zero-order valence-corrected chi connectivity index (χ0v) is 19.5. The molecule has 4 rings (SSSR count). The van der Waals surface area contributed by atoms with Gasteiger partial charge in [0.1, 0.15) is 11.5 Å². The topological polar surface area (TPSA) is 74.4 Å². The van der Waals surface area contributed by atoms with Crippen molar-refractivity contribution in [3.8, 4) is 22.9 Å². The van der Waals surface area contributed by atoms with Crippen molar-refractivity contribution in [3.05, 3.63) is 46.8 Å². The van der Waals surface area contributed by atoms with Gasteiger partial charge in [-0.2, -0.15) is 23.4 Å². The van der Waals surface area contributed by atoms with Crippen LogP contribution in [0.3, 0.4) is 0 Å². The fraction of sp³-hybridized carbons (Fsp3) is 0.409. The normalized spacial score (nSPS) is 16.2. The van der Waals surface area contributed by atoms with Gasteiger partial charge in [0.2, 0.25) is 0 Å². The van der Waals surface area contributed by atoms with Crippen LogP contribution in [0.1, 0.15) is 40.3 Å². The molecule has 194 valence electrons. The molecule has 1 aliphatic heterocycles. The van der Waals surface area contributed by atoms with Gasteiger partial charge in [0.05, 0.1) is 35.8 Å². The third kappa shape index (κ3) is 4.58. The molecule has 0 radical (unpaired) electrons. The van der Waals surface area contributed by atoms with E-state index in [0.717, 1.165) is 16.8 Å². The smallest absolute Gasteiger partial charge is 0.497 e. The van der Waals surface area contributed by atoms with Crippen LogP contribution in [0.2, 0.25) is 0 Å². The molecule has 1 aliphatic rings. The molecule has 0 saturated carbocycles. The predicted octanol–water partition coefficient (Wildman–Crippen LogP) is 4.51. The maximum Gasteiger partial charge on any atom is 0.573 e. The molecule has 0 bridgehead atoms. The minimum atomic E-state index is -5.03. The van der Waals surface area contributed by atoms with E-state index in [4.69, 9.17) is 4.74 Å². The van der Waals surface area contributed by atoms with Crippen molar-refractivity contribution in [1.82, 2.24) is 24.5 Å². The van der Waals surface area contributed by atoms with Gasteiger partial charge in [0.25, 0.3) is 5.91 Å². The summed E-state index contributed by atoms with van der Waals surface area (Å²) in [7, 11) is 4.21. The standard InChI is InChI=1S/C22H21F6N5O3/c1-11-18-14(19(32(3)30-18)15-10-17(21(23,24)25)29-31(15)2)7-8-33(11)20(34)13-6-5-12(35-4)9-16(13)36-22(26,27)28/h5-6,9-11H,7-8H2,1-4H3. The number of amides is 1. The minimum absolute atomic E-state index is 0.0727. The van der Waals surface area contributed by atoms with Crippen LogP contribution < -0.4 is 9.47 Å². The van der Waals surface area contributed by atoms with Gasteiger partial charge in [0.15, 0.2) is 5.69 Å². The number of benzene rings is 1. The molecular weight excluding hydrogens is 496 g/mol. The number of ether oxygens (including phenoxy) is 2. The van der Waals surface area contributed by atoms with Crippen LogP contribution in [0.25, 0.3) is 11.4 Å². The number of hydrogen-bond acceptors (Lipinski definition) is 5. The lowest BCUT2D eigenvalue weighted by molar-refractivity contribution is -0.274. The highest BCUT2D eigenvalue weighted by molar-refractivity contribution is 5.97. The van der Waals surface area contributed by atoms with Crippen molar-refractivity contribution in [2.24, 2.45) is 14.1 Å². The summed E-state index contributed by atoms with van der Waals surface area (Å²) in [6.45, 7) is 1.73. The summed E-state index contributed by atoms with van der Waals surface area (Å²) in [6, 6.07) is 3.74. The second-order valence-corrected chi connectivity index (χ2v) is 8.21. The van der Waals surface area contributed by atoms with E-state index in [0.29, 0.717) is 17.0 Å². The maximum atomic E-state index is 13.3. The first kappa shape index (κ1) is 25.4. The number of aryl methyl sites for hydroxylation is 2. The Bertz CT molecular complexity index is 1310. The number of carbonyl (C=O) groups excluding carboxylic acids is 1. The lowest BCUT2D eigenvalue weighted by Gasteiger charge is -2.33. The van der Waals surface area contributed by atoms with Crippen molar-refractivity contribution < 1.29 is 40.6 Å². The molecule has 0 saturated heterocycles. The third-order valence-corrected chi connectivity index (χ3v) is 5.96. The first-order valence-corrected chi connectivity index (χ1v) is 10.6. The summed E-state index contributed by atoms with van der Waals surface area (Å²) in [6.07, 6.45) is -9.44. The lowest BCUT2D eigenvalue weighted by Crippen LogP contribution is -2.39. The average molecular weight is 517 g/mol. The Kier molecular flexibility index (Phi) is 6.17. The van der Waals surface area contributed by atoms with Crippen LogP contribution in [-0.4, -0.2) is 50.4 Å². The van der Waals surface area contributed by atoms with Crippen LogP contribution in [0.5, 0.6) is 11.5 Å². The van der Waals surface area contributed by atoms with Crippen LogP contribution in [0.4, 0.5) is 26.3 Å². The Morgan fingerprint density at radius 3 is 2.33 bits per heavy atom. The van der Waals surface area contributed by atoms with Crippen LogP contribution in [0, 0.1) is 0 Å². The van der Waals surface area contributed by atoms with Gasteiger partial charge in [-0.05, 0) is 31.5 Å². The van der Waals surface area contributed by atoms with Crippen molar-refractivity contribution >= 4 is 5.91 Å². The fourth-order valence-electron chi connectivity index (χ4n) is 4.34. The Hall–Kier alpha value is -3.71. The molecule has 1 amide bonds. The van der Waals surface area contributed by atoms with E-state index >= 15 is 0 Å². The van der Waals surface area contributed by atoms with Gasteiger partial charge in [-0.1, -0.05) is 0 Å². The number of fused-ring (bicyclic) bond motifs is 1. The van der Waals surface area contributed by atoms with E-state index in [1.54, 1.807) is 14.0 Å². The minimum Gasteiger partial charge on any atom is -0.497 e. The molecular formula is C22H21F6N5O3. The number of aromatic nitrogens is 4. The Morgan fingerprint density at radius 2 is 1.75 bits per heavy atom. The second kappa shape index (κ2) is 8.75. The van der Waals surface area contributed by atoms with E-state index in [1.165, 1.54) is 35.9 Å². The molecule has 3 heterocycles. The molecule has 0 N–H and O–H groups in total. The molecule has 0 fully saturated rings. The van der Waals surface area contributed by atoms with Crippen LogP contribution in [0.15, 0.2) is 24.3 Å². The summed E-state index contributed by atoms with van der Waals surface area (Å²) in [5, 5.41) is 7.98. The predicted molar refractivity (Wildman–Crippen MR) is 113 cm³/mol. The van der Waals surface area contributed by atoms with E-state index in [9.17, 15) is 31.1 Å². The highest BCUT2D eigenvalue weighted by Gasteiger charge is 2.39. The number of nitrogens with zero attached hydrogens (tertiary/aromatic N) is 5. The maximum absolute atomic E-state index is 13.3. The molecule has 2 aromatic heterocycles. The molecule has 1 unspecified atom stereocenters. The number of halogens is 6. The van der Waals surface area contributed by atoms with Gasteiger partial charge in [0, 0.05) is 32.3 Å². The Morgan fingerprint density at radius 1 is 1.06 bits per heavy atom. The monoisotopic (exact) mass is 517 g/mol. The fourth-order valence-corrected chi connectivity index (χ4v) is 4.34. The van der Waals surface area contributed by atoms with Gasteiger partial charge in [-0.25, -0.2) is 0 Å². The van der Waals surface area contributed by atoms with Crippen molar-refractivity contribution in [2.45, 2.75) is 31.9 Å². The van der Waals surface area contributed by atoms with E-state index in [-0.39, 0.29) is 30.0 Å². The molecule has 8 nitrogen and oxygen atoms in total. The summed E-state index contributed by atoms with van der Waals surface area (Å²) in [4.78, 5) is 14.7. The zero-order valence-electron chi connectivity index (χ0n) is 19.5. The molecule has 1 aromatic carbocycles. The van der Waals surface area contributed by atoms with Crippen LogP contribution in [-0.2, 0) is 26.7 Å². The Labute approximate surface area is 201 Å². The number of methoxy groups -OCH3 is 1. The number of rotatable bonds is 4. The SMILES string of the molecule is COc1ccc(C(=O)N2CCc3c(nn(C)c3-c3cc(C(F)(F)F)nn3C)C2C)c(OC(F)(F)F)c1. The van der Waals surface area contributed by atoms with Crippen molar-refractivity contribution in [3.63, 3.8) is 0 Å². The lowest BCUT2D eigenvalue weighted by atomic mass is 9.96. The average Bonchev–Trinajstić information content (AvgIpc) is 3.31. The van der Waals surface area contributed by atoms with E-state index < -0.39 is 35.9 Å². The van der Waals surface area contributed by atoms with Crippen molar-refractivity contribution in [1.29, 1.82) is 0 Å². The van der Waals surface area contributed by atoms with E-state index in [2.05, 4.69) is 14.9 Å². The zero-order chi connectivity index (χ0) is 26.6. The highest BCUT2D eigenvalue weighted by Crippen LogP contribution is 2.39. The third-order valence-electron chi connectivity index (χ3n) is 5.96. The van der Waals surface area contributed by atoms with Gasteiger partial charge in [-0.3, -0.25) is 14.2 Å². The first-order valence-electron chi connectivity index (χ1n) is 10.6. The van der Waals surface area contributed by atoms with E-state index in [1.807, 2.05) is 0 Å². The molecule has 0 aliphatic carbocycles. The number of carbonyl (C=O) groups is 1. The quantitative estimate of drug-likeness (QED) is 0.477. The van der Waals surface area contributed by atoms with Gasteiger partial charge >= 0.3 is 12.5 Å². The largest absolute Gasteiger partial charge is 0.573 e.